The van der Waals surface area contributed by atoms with Crippen LogP contribution in [0.1, 0.15) is 32.1 Å². The highest BCUT2D eigenvalue weighted by atomic mass is 19.1. The molecule has 1 aliphatic rings. The zero-order valence-electron chi connectivity index (χ0n) is 18.9. The summed E-state index contributed by atoms with van der Waals surface area (Å²) in [6.45, 7) is 0. The fourth-order valence-electron chi connectivity index (χ4n) is 4.31. The monoisotopic (exact) mass is 473 g/mol. The fraction of sp³-hybridized carbons (Fsp3) is 0.269. The zero-order chi connectivity index (χ0) is 24.2. The Hall–Kier alpha value is -4.14. The number of aliphatic carboxylic acids is 1. The summed E-state index contributed by atoms with van der Waals surface area (Å²) in [6, 6.07) is 13.6. The molecule has 5 rings (SSSR count). The molecule has 1 aromatic carbocycles. The Morgan fingerprint density at radius 3 is 2.17 bits per heavy atom. The van der Waals surface area contributed by atoms with Crippen molar-refractivity contribution < 1.29 is 19.0 Å². The van der Waals surface area contributed by atoms with Crippen LogP contribution in [0.3, 0.4) is 0 Å². The van der Waals surface area contributed by atoms with Crippen LogP contribution in [0.4, 0.5) is 4.39 Å². The minimum absolute atomic E-state index is 0.0671. The Balaban J connectivity index is 1.20. The maximum Gasteiger partial charge on any atom is 0.303 e. The van der Waals surface area contributed by atoms with E-state index in [1.54, 1.807) is 24.5 Å². The fourth-order valence-corrected chi connectivity index (χ4v) is 4.31. The number of hydrogen-bond acceptors (Lipinski definition) is 6. The maximum absolute atomic E-state index is 13.1. The molecule has 0 bridgehead atoms. The summed E-state index contributed by atoms with van der Waals surface area (Å²) in [5.41, 5.74) is 3.15. The molecule has 178 valence electrons. The average Bonchev–Trinajstić information content (AvgIpc) is 3.36. The van der Waals surface area contributed by atoms with Gasteiger partial charge in [-0.3, -0.25) is 9.78 Å². The lowest BCUT2D eigenvalue weighted by molar-refractivity contribution is -0.138. The first-order chi connectivity index (χ1) is 17.0. The maximum atomic E-state index is 13.1. The molecule has 0 amide bonds. The molecule has 8 nitrogen and oxygen atoms in total. The molecular weight excluding hydrogens is 449 g/mol. The number of aromatic amines is 1. The quantitative estimate of drug-likeness (QED) is 0.382. The van der Waals surface area contributed by atoms with Crippen molar-refractivity contribution in [2.75, 3.05) is 0 Å². The number of nitrogens with one attached hydrogen (secondary N) is 1. The van der Waals surface area contributed by atoms with Crippen molar-refractivity contribution in [3.63, 3.8) is 0 Å². The van der Waals surface area contributed by atoms with Crippen molar-refractivity contribution in [1.82, 2.24) is 25.1 Å². The molecule has 35 heavy (non-hydrogen) atoms. The summed E-state index contributed by atoms with van der Waals surface area (Å²) >= 11 is 0. The predicted molar refractivity (Wildman–Crippen MR) is 127 cm³/mol. The zero-order valence-corrected chi connectivity index (χ0v) is 18.9. The third kappa shape index (κ3) is 5.51. The highest BCUT2D eigenvalue weighted by molar-refractivity contribution is 5.67. The van der Waals surface area contributed by atoms with Crippen LogP contribution >= 0.6 is 0 Å². The Kier molecular flexibility index (Phi) is 6.47. The lowest BCUT2D eigenvalue weighted by Gasteiger charge is -2.27. The van der Waals surface area contributed by atoms with Gasteiger partial charge in [0.1, 0.15) is 11.9 Å². The van der Waals surface area contributed by atoms with Crippen molar-refractivity contribution in [1.29, 1.82) is 0 Å². The molecule has 0 saturated heterocycles. The normalized spacial score (nSPS) is 17.7. The van der Waals surface area contributed by atoms with E-state index in [2.05, 4.69) is 25.1 Å². The molecule has 0 radical (unpaired) electrons. The van der Waals surface area contributed by atoms with E-state index in [4.69, 9.17) is 9.84 Å². The van der Waals surface area contributed by atoms with E-state index < -0.39 is 5.97 Å². The molecule has 0 aliphatic heterocycles. The largest absolute Gasteiger partial charge is 0.481 e. The van der Waals surface area contributed by atoms with E-state index in [9.17, 15) is 9.18 Å². The number of hydrogen-bond donors (Lipinski definition) is 2. The minimum atomic E-state index is -0.733. The predicted octanol–water partition coefficient (Wildman–Crippen LogP) is 5.15. The number of carboxylic acid groups (broad SMARTS) is 1. The number of aromatic nitrogens is 5. The van der Waals surface area contributed by atoms with Crippen LogP contribution in [-0.2, 0) is 4.79 Å². The first-order valence-electron chi connectivity index (χ1n) is 11.5. The Morgan fingerprint density at radius 2 is 1.54 bits per heavy atom. The van der Waals surface area contributed by atoms with Gasteiger partial charge in [0, 0.05) is 41.6 Å². The number of benzene rings is 1. The van der Waals surface area contributed by atoms with Crippen molar-refractivity contribution >= 4 is 5.97 Å². The van der Waals surface area contributed by atoms with E-state index in [-0.39, 0.29) is 24.3 Å². The molecule has 1 fully saturated rings. The number of carbonyl (C=O) groups is 1. The van der Waals surface area contributed by atoms with Crippen molar-refractivity contribution in [3.05, 3.63) is 66.7 Å². The second kappa shape index (κ2) is 10.0. The summed E-state index contributed by atoms with van der Waals surface area (Å²) < 4.78 is 19.1. The van der Waals surface area contributed by atoms with Gasteiger partial charge in [-0.2, -0.15) is 0 Å². The topological polar surface area (TPSA) is 114 Å². The Morgan fingerprint density at radius 1 is 0.886 bits per heavy atom. The van der Waals surface area contributed by atoms with Gasteiger partial charge in [-0.15, -0.1) is 10.2 Å². The molecule has 2 N–H and O–H groups in total. The molecule has 4 aromatic rings. The van der Waals surface area contributed by atoms with Gasteiger partial charge in [-0.05, 0) is 74.1 Å². The van der Waals surface area contributed by atoms with Gasteiger partial charge in [0.2, 0.25) is 5.88 Å². The smallest absolute Gasteiger partial charge is 0.303 e. The first-order valence-corrected chi connectivity index (χ1v) is 11.5. The summed E-state index contributed by atoms with van der Waals surface area (Å²) in [4.78, 5) is 23.0. The Labute approximate surface area is 201 Å². The van der Waals surface area contributed by atoms with Gasteiger partial charge >= 0.3 is 5.97 Å². The van der Waals surface area contributed by atoms with E-state index >= 15 is 0 Å². The first kappa shape index (κ1) is 22.6. The standard InChI is InChI=1S/C26H24FN5O3/c27-20-7-3-17(4-8-20)25-30-26(32-31-25)19-5-11-22(28-15-19)18-6-12-23(29-14-18)35-21-9-1-16(2-10-21)13-24(33)34/h3-8,11-12,14-16,21H,1-2,9-10,13H2,(H,33,34)(H,30,31,32)/t16-,21+. The highest BCUT2D eigenvalue weighted by Gasteiger charge is 2.24. The summed E-state index contributed by atoms with van der Waals surface area (Å²) in [5.74, 6) is 0.888. The van der Waals surface area contributed by atoms with E-state index in [0.29, 0.717) is 17.5 Å². The number of H-pyrrole nitrogens is 1. The molecule has 9 heteroatoms. The lowest BCUT2D eigenvalue weighted by Crippen LogP contribution is -2.25. The number of rotatable bonds is 7. The second-order valence-corrected chi connectivity index (χ2v) is 8.70. The van der Waals surface area contributed by atoms with Crippen LogP contribution in [-0.4, -0.2) is 42.3 Å². The number of ether oxygens (including phenoxy) is 1. The molecule has 3 heterocycles. The SMILES string of the molecule is O=C(O)C[C@H]1CC[C@@H](Oc2ccc(-c3ccc(-c4nnc(-c5ccc(F)cc5)[nH]4)cn3)cn2)CC1. The second-order valence-electron chi connectivity index (χ2n) is 8.70. The molecule has 0 unspecified atom stereocenters. The van der Waals surface area contributed by atoms with Gasteiger partial charge in [-0.1, -0.05) is 0 Å². The number of halogens is 1. The molecule has 1 aliphatic carbocycles. The minimum Gasteiger partial charge on any atom is -0.481 e. The van der Waals surface area contributed by atoms with E-state index in [1.807, 2.05) is 24.3 Å². The third-order valence-corrected chi connectivity index (χ3v) is 6.22. The molecule has 3 aromatic heterocycles. The summed E-state index contributed by atoms with van der Waals surface area (Å²) in [5, 5.41) is 17.3. The van der Waals surface area contributed by atoms with Crippen molar-refractivity contribution in [2.24, 2.45) is 5.92 Å². The molecular formula is C26H24FN5O3. The van der Waals surface area contributed by atoms with E-state index in [0.717, 1.165) is 48.1 Å². The summed E-state index contributed by atoms with van der Waals surface area (Å²) in [6.07, 6.45) is 7.15. The van der Waals surface area contributed by atoms with Gasteiger partial charge in [-0.25, -0.2) is 9.37 Å². The Bertz CT molecular complexity index is 1280. The molecule has 0 atom stereocenters. The average molecular weight is 474 g/mol. The van der Waals surface area contributed by atoms with E-state index in [1.165, 1.54) is 12.1 Å². The summed E-state index contributed by atoms with van der Waals surface area (Å²) in [7, 11) is 0. The number of carboxylic acids is 1. The van der Waals surface area contributed by atoms with Crippen LogP contribution in [0.5, 0.6) is 5.88 Å². The number of nitrogens with zero attached hydrogens (tertiary/aromatic N) is 4. The van der Waals surface area contributed by atoms with Crippen LogP contribution < -0.4 is 4.74 Å². The van der Waals surface area contributed by atoms with Gasteiger partial charge in [0.05, 0.1) is 5.69 Å². The molecule has 1 saturated carbocycles. The van der Waals surface area contributed by atoms with Gasteiger partial charge in [0.25, 0.3) is 0 Å². The van der Waals surface area contributed by atoms with Crippen LogP contribution in [0.15, 0.2) is 60.9 Å². The lowest BCUT2D eigenvalue weighted by atomic mass is 9.85. The van der Waals surface area contributed by atoms with Gasteiger partial charge < -0.3 is 14.8 Å². The van der Waals surface area contributed by atoms with Crippen molar-refractivity contribution in [3.8, 4) is 39.9 Å². The molecule has 0 spiro atoms. The number of pyridine rings is 2. The van der Waals surface area contributed by atoms with Crippen molar-refractivity contribution in [2.45, 2.75) is 38.2 Å². The third-order valence-electron chi connectivity index (χ3n) is 6.22. The van der Waals surface area contributed by atoms with Crippen LogP contribution in [0, 0.1) is 11.7 Å². The van der Waals surface area contributed by atoms with Gasteiger partial charge in [0.15, 0.2) is 11.6 Å². The van der Waals surface area contributed by atoms with Crippen LogP contribution in [0.25, 0.3) is 34.0 Å². The van der Waals surface area contributed by atoms with Crippen LogP contribution in [0.2, 0.25) is 0 Å². The highest BCUT2D eigenvalue weighted by Crippen LogP contribution is 2.30.